The van der Waals surface area contributed by atoms with Crippen LogP contribution in [0.15, 0.2) is 29.2 Å². The van der Waals surface area contributed by atoms with E-state index in [1.165, 1.54) is 12.1 Å². The minimum absolute atomic E-state index is 0.139. The average Bonchev–Trinajstić information content (AvgIpc) is 2.36. The monoisotopic (exact) mass is 271 g/mol. The van der Waals surface area contributed by atoms with Gasteiger partial charge in [-0.3, -0.25) is 4.79 Å². The van der Waals surface area contributed by atoms with E-state index in [1.54, 1.807) is 26.1 Å². The number of amides is 1. The van der Waals surface area contributed by atoms with Crippen molar-refractivity contribution in [2.24, 2.45) is 0 Å². The second-order valence-corrected chi connectivity index (χ2v) is 5.32. The Morgan fingerprint density at radius 1 is 1.22 bits per heavy atom. The van der Waals surface area contributed by atoms with Gasteiger partial charge in [0.2, 0.25) is 15.9 Å². The van der Waals surface area contributed by atoms with Crippen molar-refractivity contribution in [2.45, 2.75) is 11.8 Å². The Bertz CT molecular complexity index is 497. The molecule has 0 saturated carbocycles. The first-order valence-corrected chi connectivity index (χ1v) is 7.02. The van der Waals surface area contributed by atoms with Crippen molar-refractivity contribution >= 4 is 21.6 Å². The Hall–Kier alpha value is -1.60. The maximum absolute atomic E-state index is 11.7. The molecule has 0 aliphatic carbocycles. The Morgan fingerprint density at radius 2 is 1.83 bits per heavy atom. The third-order valence-electron chi connectivity index (χ3n) is 2.23. The largest absolute Gasteiger partial charge is 0.376 e. The molecule has 0 heterocycles. The lowest BCUT2D eigenvalue weighted by atomic mass is 10.3. The van der Waals surface area contributed by atoms with Crippen molar-refractivity contribution in [1.82, 2.24) is 10.0 Å². The fourth-order valence-corrected chi connectivity index (χ4v) is 2.34. The molecule has 0 aliphatic heterocycles. The molecule has 0 fully saturated rings. The molecule has 100 valence electrons. The maximum atomic E-state index is 11.7. The van der Waals surface area contributed by atoms with Crippen LogP contribution in [0.2, 0.25) is 0 Å². The smallest absolute Gasteiger partial charge is 0.240 e. The summed E-state index contributed by atoms with van der Waals surface area (Å²) in [4.78, 5) is 11.2. The molecule has 0 aliphatic rings. The van der Waals surface area contributed by atoms with Crippen LogP contribution in [0.1, 0.15) is 6.92 Å². The molecule has 0 atom stereocenters. The fraction of sp³-hybridized carbons (Fsp3) is 0.364. The number of carbonyl (C=O) groups excluding carboxylic acids is 1. The number of carbonyl (C=O) groups is 1. The van der Waals surface area contributed by atoms with Gasteiger partial charge in [0, 0.05) is 19.3 Å². The van der Waals surface area contributed by atoms with Crippen LogP contribution in [0.3, 0.4) is 0 Å². The third kappa shape index (κ3) is 4.01. The summed E-state index contributed by atoms with van der Waals surface area (Å²) in [7, 11) is -1.87. The molecule has 0 unspecified atom stereocenters. The molecular weight excluding hydrogens is 254 g/mol. The number of rotatable bonds is 6. The van der Waals surface area contributed by atoms with Crippen LogP contribution in [-0.2, 0) is 14.8 Å². The highest BCUT2D eigenvalue weighted by Crippen LogP contribution is 2.13. The van der Waals surface area contributed by atoms with E-state index < -0.39 is 10.0 Å². The van der Waals surface area contributed by atoms with Gasteiger partial charge < -0.3 is 10.6 Å². The summed E-state index contributed by atoms with van der Waals surface area (Å²) in [6.45, 7) is 2.21. The number of hydrogen-bond donors (Lipinski definition) is 3. The van der Waals surface area contributed by atoms with E-state index in [2.05, 4.69) is 15.4 Å². The van der Waals surface area contributed by atoms with Crippen LogP contribution in [-0.4, -0.2) is 34.5 Å². The summed E-state index contributed by atoms with van der Waals surface area (Å²) in [5, 5.41) is 5.36. The number of nitrogens with one attached hydrogen (secondary N) is 3. The van der Waals surface area contributed by atoms with Crippen LogP contribution in [0.25, 0.3) is 0 Å². The third-order valence-corrected chi connectivity index (χ3v) is 3.79. The van der Waals surface area contributed by atoms with E-state index in [0.29, 0.717) is 12.2 Å². The van der Waals surface area contributed by atoms with Crippen molar-refractivity contribution < 1.29 is 13.2 Å². The van der Waals surface area contributed by atoms with Crippen molar-refractivity contribution in [3.8, 4) is 0 Å². The number of anilines is 1. The molecule has 1 amide bonds. The number of likely N-dealkylation sites (N-methyl/N-ethyl adjacent to an activating group) is 1. The molecule has 3 N–H and O–H groups in total. The molecule has 0 radical (unpaired) electrons. The second-order valence-electron chi connectivity index (χ2n) is 3.55. The Balaban J connectivity index is 2.71. The van der Waals surface area contributed by atoms with Crippen molar-refractivity contribution in [2.75, 3.05) is 25.5 Å². The first-order chi connectivity index (χ1) is 8.49. The van der Waals surface area contributed by atoms with Gasteiger partial charge in [0.15, 0.2) is 0 Å². The zero-order chi connectivity index (χ0) is 13.6. The van der Waals surface area contributed by atoms with Crippen LogP contribution < -0.4 is 15.4 Å². The second kappa shape index (κ2) is 6.36. The normalized spacial score (nSPS) is 11.0. The summed E-state index contributed by atoms with van der Waals surface area (Å²) >= 11 is 0. The van der Waals surface area contributed by atoms with Gasteiger partial charge in [0.1, 0.15) is 0 Å². The van der Waals surface area contributed by atoms with Crippen molar-refractivity contribution in [3.05, 3.63) is 24.3 Å². The van der Waals surface area contributed by atoms with Gasteiger partial charge in [-0.05, 0) is 24.3 Å². The molecule has 7 heteroatoms. The predicted molar refractivity (Wildman–Crippen MR) is 69.9 cm³/mol. The average molecular weight is 271 g/mol. The van der Waals surface area contributed by atoms with Gasteiger partial charge in [0.05, 0.1) is 11.4 Å². The van der Waals surface area contributed by atoms with E-state index in [9.17, 15) is 13.2 Å². The van der Waals surface area contributed by atoms with E-state index >= 15 is 0 Å². The Kier molecular flexibility index (Phi) is 5.11. The fourth-order valence-electron chi connectivity index (χ4n) is 1.30. The molecule has 1 aromatic rings. The topological polar surface area (TPSA) is 87.3 Å². The molecule has 1 rings (SSSR count). The van der Waals surface area contributed by atoms with Crippen LogP contribution in [0.5, 0.6) is 0 Å². The van der Waals surface area contributed by atoms with Crippen molar-refractivity contribution in [3.63, 3.8) is 0 Å². The molecule has 0 saturated heterocycles. The highest BCUT2D eigenvalue weighted by molar-refractivity contribution is 7.89. The molecule has 0 spiro atoms. The van der Waals surface area contributed by atoms with E-state index in [4.69, 9.17) is 0 Å². The van der Waals surface area contributed by atoms with Gasteiger partial charge in [-0.25, -0.2) is 13.1 Å². The summed E-state index contributed by atoms with van der Waals surface area (Å²) in [6, 6.07) is 6.22. The molecule has 1 aromatic carbocycles. The summed E-state index contributed by atoms with van der Waals surface area (Å²) < 4.78 is 25.7. The van der Waals surface area contributed by atoms with E-state index in [-0.39, 0.29) is 17.3 Å². The van der Waals surface area contributed by atoms with Crippen LogP contribution in [0, 0.1) is 0 Å². The molecule has 6 nitrogen and oxygen atoms in total. The SMILES string of the molecule is CCNS(=O)(=O)c1ccc(NCC(=O)NC)cc1. The number of sulfonamides is 1. The number of benzene rings is 1. The predicted octanol–water partition coefficient (Wildman–Crippen LogP) is 0.143. The zero-order valence-electron chi connectivity index (χ0n) is 10.4. The summed E-state index contributed by atoms with van der Waals surface area (Å²) in [6.07, 6.45) is 0. The quantitative estimate of drug-likeness (QED) is 0.687. The number of hydrogen-bond acceptors (Lipinski definition) is 4. The lowest BCUT2D eigenvalue weighted by Crippen LogP contribution is -2.26. The highest BCUT2D eigenvalue weighted by Gasteiger charge is 2.11. The van der Waals surface area contributed by atoms with Gasteiger partial charge in [0.25, 0.3) is 0 Å². The van der Waals surface area contributed by atoms with Crippen molar-refractivity contribution in [1.29, 1.82) is 0 Å². The first kappa shape index (κ1) is 14.5. The minimum Gasteiger partial charge on any atom is -0.376 e. The standard InChI is InChI=1S/C11H17N3O3S/c1-3-14-18(16,17)10-6-4-9(5-7-10)13-8-11(15)12-2/h4-7,13-14H,3,8H2,1-2H3,(H,12,15). The van der Waals surface area contributed by atoms with E-state index in [1.807, 2.05) is 0 Å². The molecule has 18 heavy (non-hydrogen) atoms. The Morgan fingerprint density at radius 3 is 2.33 bits per heavy atom. The summed E-state index contributed by atoms with van der Waals surface area (Å²) in [5.41, 5.74) is 0.689. The van der Waals surface area contributed by atoms with Gasteiger partial charge >= 0.3 is 0 Å². The Labute approximate surface area is 107 Å². The molecule has 0 aromatic heterocycles. The molecule has 0 bridgehead atoms. The highest BCUT2D eigenvalue weighted by atomic mass is 32.2. The lowest BCUT2D eigenvalue weighted by Gasteiger charge is -2.07. The lowest BCUT2D eigenvalue weighted by molar-refractivity contribution is -0.118. The zero-order valence-corrected chi connectivity index (χ0v) is 11.2. The van der Waals surface area contributed by atoms with Gasteiger partial charge in [-0.1, -0.05) is 6.92 Å². The van der Waals surface area contributed by atoms with Gasteiger partial charge in [-0.2, -0.15) is 0 Å². The van der Waals surface area contributed by atoms with E-state index in [0.717, 1.165) is 0 Å². The van der Waals surface area contributed by atoms with Crippen LogP contribution >= 0.6 is 0 Å². The minimum atomic E-state index is -3.42. The summed E-state index contributed by atoms with van der Waals surface area (Å²) in [5.74, 6) is -0.139. The maximum Gasteiger partial charge on any atom is 0.240 e. The first-order valence-electron chi connectivity index (χ1n) is 5.53. The van der Waals surface area contributed by atoms with Gasteiger partial charge in [-0.15, -0.1) is 0 Å². The van der Waals surface area contributed by atoms with Crippen LogP contribution in [0.4, 0.5) is 5.69 Å². The molecular formula is C11H17N3O3S.